The molecular formula is C11H19Cl2N3. The first-order valence-electron chi connectivity index (χ1n) is 5.21. The monoisotopic (exact) mass is 263 g/mol. The van der Waals surface area contributed by atoms with E-state index in [1.54, 1.807) is 0 Å². The minimum Gasteiger partial charge on any atom is -0.268 e. The Hall–Kier alpha value is -0.350. The summed E-state index contributed by atoms with van der Waals surface area (Å²) < 4.78 is 0. The number of hydrazine groups is 1. The second kappa shape index (κ2) is 7.07. The van der Waals surface area contributed by atoms with Crippen LogP contribution in [0.5, 0.6) is 0 Å². The molecule has 5 heteroatoms. The molecule has 92 valence electrons. The van der Waals surface area contributed by atoms with Crippen LogP contribution in [0.2, 0.25) is 0 Å². The molecule has 3 nitrogen and oxygen atoms in total. The molecule has 2 rings (SSSR count). The van der Waals surface area contributed by atoms with Crippen molar-refractivity contribution in [2.75, 3.05) is 6.54 Å². The molecule has 1 aliphatic heterocycles. The summed E-state index contributed by atoms with van der Waals surface area (Å²) in [7, 11) is 0. The van der Waals surface area contributed by atoms with Crippen LogP contribution < -0.4 is 5.84 Å². The fourth-order valence-electron chi connectivity index (χ4n) is 1.99. The zero-order valence-corrected chi connectivity index (χ0v) is 11.1. The number of hydrogen-bond acceptors (Lipinski definition) is 3. The number of aromatic nitrogens is 1. The van der Waals surface area contributed by atoms with Gasteiger partial charge in [0.25, 0.3) is 0 Å². The third kappa shape index (κ3) is 3.59. The molecule has 1 atom stereocenters. The highest BCUT2D eigenvalue weighted by Crippen LogP contribution is 2.27. The summed E-state index contributed by atoms with van der Waals surface area (Å²) in [4.78, 5) is 4.31. The molecule has 0 aromatic carbocycles. The highest BCUT2D eigenvalue weighted by Gasteiger charge is 2.21. The lowest BCUT2D eigenvalue weighted by atomic mass is 9.98. The van der Waals surface area contributed by atoms with Gasteiger partial charge in [0.2, 0.25) is 0 Å². The zero-order chi connectivity index (χ0) is 9.97. The van der Waals surface area contributed by atoms with Crippen LogP contribution in [0.25, 0.3) is 0 Å². The summed E-state index contributed by atoms with van der Waals surface area (Å²) in [5.74, 6) is 5.95. The molecule has 0 amide bonds. The number of piperidine rings is 1. The number of nitrogens with two attached hydrogens (primary N) is 1. The van der Waals surface area contributed by atoms with Crippen molar-refractivity contribution in [3.8, 4) is 0 Å². The van der Waals surface area contributed by atoms with E-state index in [0.717, 1.165) is 18.7 Å². The van der Waals surface area contributed by atoms with E-state index in [-0.39, 0.29) is 24.8 Å². The second-order valence-corrected chi connectivity index (χ2v) is 3.98. The molecule has 0 radical (unpaired) electrons. The fraction of sp³-hybridized carbons (Fsp3) is 0.545. The van der Waals surface area contributed by atoms with Gasteiger partial charge in [-0.2, -0.15) is 0 Å². The molecule has 1 aliphatic rings. The molecule has 2 N–H and O–H groups in total. The maximum Gasteiger partial charge on any atom is 0.0505 e. The van der Waals surface area contributed by atoms with Crippen molar-refractivity contribution < 1.29 is 0 Å². The molecule has 0 aliphatic carbocycles. The highest BCUT2D eigenvalue weighted by molar-refractivity contribution is 5.85. The summed E-state index contributed by atoms with van der Waals surface area (Å²) >= 11 is 0. The number of nitrogens with zero attached hydrogens (tertiary/aromatic N) is 2. The van der Waals surface area contributed by atoms with Crippen molar-refractivity contribution in [3.05, 3.63) is 29.6 Å². The van der Waals surface area contributed by atoms with Gasteiger partial charge in [-0.3, -0.25) is 10.8 Å². The average Bonchev–Trinajstić information content (AvgIpc) is 2.20. The van der Waals surface area contributed by atoms with Crippen LogP contribution in [0, 0.1) is 6.92 Å². The largest absolute Gasteiger partial charge is 0.268 e. The van der Waals surface area contributed by atoms with Crippen molar-refractivity contribution >= 4 is 24.8 Å². The molecule has 16 heavy (non-hydrogen) atoms. The van der Waals surface area contributed by atoms with Crippen LogP contribution in [-0.2, 0) is 0 Å². The Balaban J connectivity index is 0.00000112. The standard InChI is InChI=1S/C11H17N3.2ClH/c1-9-5-6-10(8-13-9)11-4-2-3-7-14(11)12;;/h5-6,8,11H,2-4,7,12H2,1H3;2*1H. The first-order chi connectivity index (χ1) is 6.77. The van der Waals surface area contributed by atoms with Gasteiger partial charge in [-0.05, 0) is 31.4 Å². The quantitative estimate of drug-likeness (QED) is 0.793. The maximum atomic E-state index is 5.95. The lowest BCUT2D eigenvalue weighted by Crippen LogP contribution is -2.38. The Morgan fingerprint density at radius 1 is 1.31 bits per heavy atom. The van der Waals surface area contributed by atoms with Gasteiger partial charge in [-0.1, -0.05) is 12.5 Å². The zero-order valence-electron chi connectivity index (χ0n) is 9.43. The maximum absolute atomic E-state index is 5.95. The van der Waals surface area contributed by atoms with Crippen molar-refractivity contribution in [1.29, 1.82) is 0 Å². The van der Waals surface area contributed by atoms with Crippen molar-refractivity contribution in [2.24, 2.45) is 5.84 Å². The molecule has 1 fully saturated rings. The number of hydrogen-bond donors (Lipinski definition) is 1. The minimum absolute atomic E-state index is 0. The van der Waals surface area contributed by atoms with E-state index in [1.807, 2.05) is 18.1 Å². The van der Waals surface area contributed by atoms with E-state index in [9.17, 15) is 0 Å². The Morgan fingerprint density at radius 2 is 2.06 bits per heavy atom. The number of pyridine rings is 1. The van der Waals surface area contributed by atoms with Crippen LogP contribution in [0.4, 0.5) is 0 Å². The van der Waals surface area contributed by atoms with Crippen LogP contribution in [0.15, 0.2) is 18.3 Å². The van der Waals surface area contributed by atoms with Crippen molar-refractivity contribution in [3.63, 3.8) is 0 Å². The predicted octanol–water partition coefficient (Wildman–Crippen LogP) is 2.63. The van der Waals surface area contributed by atoms with Crippen LogP contribution in [0.1, 0.15) is 36.6 Å². The first-order valence-corrected chi connectivity index (χ1v) is 5.21. The average molecular weight is 264 g/mol. The van der Waals surface area contributed by atoms with Gasteiger partial charge < -0.3 is 0 Å². The summed E-state index contributed by atoms with van der Waals surface area (Å²) in [6.07, 6.45) is 5.59. The van der Waals surface area contributed by atoms with E-state index in [4.69, 9.17) is 5.84 Å². The number of halogens is 2. The summed E-state index contributed by atoms with van der Waals surface area (Å²) in [5, 5.41) is 1.94. The van der Waals surface area contributed by atoms with Crippen molar-refractivity contribution in [1.82, 2.24) is 9.99 Å². The van der Waals surface area contributed by atoms with E-state index in [1.165, 1.54) is 18.4 Å². The van der Waals surface area contributed by atoms with Gasteiger partial charge >= 0.3 is 0 Å². The Labute approximate surface area is 109 Å². The summed E-state index contributed by atoms with van der Waals surface area (Å²) in [6, 6.07) is 4.56. The molecule has 1 aromatic heterocycles. The van der Waals surface area contributed by atoms with E-state index in [0.29, 0.717) is 6.04 Å². The second-order valence-electron chi connectivity index (χ2n) is 3.98. The van der Waals surface area contributed by atoms with E-state index >= 15 is 0 Å². The molecule has 1 unspecified atom stereocenters. The van der Waals surface area contributed by atoms with Crippen LogP contribution in [0.3, 0.4) is 0 Å². The summed E-state index contributed by atoms with van der Waals surface area (Å²) in [6.45, 7) is 3.00. The van der Waals surface area contributed by atoms with Gasteiger partial charge in [-0.15, -0.1) is 24.8 Å². The Morgan fingerprint density at radius 3 is 2.62 bits per heavy atom. The third-order valence-corrected chi connectivity index (χ3v) is 2.86. The number of rotatable bonds is 1. The Bertz CT molecular complexity index is 303. The Kier molecular flexibility index (Phi) is 6.91. The molecule has 0 saturated carbocycles. The lowest BCUT2D eigenvalue weighted by Gasteiger charge is -2.31. The smallest absolute Gasteiger partial charge is 0.0505 e. The van der Waals surface area contributed by atoms with Gasteiger partial charge in [0.1, 0.15) is 0 Å². The fourth-order valence-corrected chi connectivity index (χ4v) is 1.99. The number of aryl methyl sites for hydroxylation is 1. The first kappa shape index (κ1) is 15.7. The molecule has 1 aromatic rings. The van der Waals surface area contributed by atoms with E-state index in [2.05, 4.69) is 17.1 Å². The topological polar surface area (TPSA) is 42.1 Å². The van der Waals surface area contributed by atoms with Crippen LogP contribution >= 0.6 is 24.8 Å². The molecule has 0 spiro atoms. The highest BCUT2D eigenvalue weighted by atomic mass is 35.5. The summed E-state index contributed by atoms with van der Waals surface area (Å²) in [5.41, 5.74) is 2.31. The van der Waals surface area contributed by atoms with Gasteiger partial charge in [0.05, 0.1) is 6.04 Å². The normalized spacial score (nSPS) is 20.8. The van der Waals surface area contributed by atoms with Crippen molar-refractivity contribution in [2.45, 2.75) is 32.2 Å². The molecular weight excluding hydrogens is 245 g/mol. The lowest BCUT2D eigenvalue weighted by molar-refractivity contribution is 0.151. The SMILES string of the molecule is Cc1ccc(C2CCCCN2N)cn1.Cl.Cl. The van der Waals surface area contributed by atoms with Gasteiger partial charge in [0.15, 0.2) is 0 Å². The predicted molar refractivity (Wildman–Crippen MR) is 71.0 cm³/mol. The molecule has 0 bridgehead atoms. The molecule has 1 saturated heterocycles. The van der Waals surface area contributed by atoms with E-state index < -0.39 is 0 Å². The minimum atomic E-state index is 0. The van der Waals surface area contributed by atoms with Gasteiger partial charge in [-0.25, -0.2) is 5.01 Å². The van der Waals surface area contributed by atoms with Crippen LogP contribution in [-0.4, -0.2) is 16.5 Å². The van der Waals surface area contributed by atoms with Gasteiger partial charge in [0, 0.05) is 18.4 Å². The third-order valence-electron chi connectivity index (χ3n) is 2.86. The molecule has 2 heterocycles.